The van der Waals surface area contributed by atoms with Crippen LogP contribution in [0.1, 0.15) is 21.5 Å². The van der Waals surface area contributed by atoms with Crippen molar-refractivity contribution >= 4 is 17.3 Å². The second-order valence-electron chi connectivity index (χ2n) is 4.62. The van der Waals surface area contributed by atoms with Crippen LogP contribution >= 0.6 is 0 Å². The molecular formula is C15H13FN2O3. The number of hydrogen-bond donors (Lipinski definition) is 1. The van der Waals surface area contributed by atoms with E-state index in [2.05, 4.69) is 5.32 Å². The van der Waals surface area contributed by atoms with E-state index in [0.29, 0.717) is 22.4 Å². The van der Waals surface area contributed by atoms with Gasteiger partial charge in [0.2, 0.25) is 0 Å². The highest BCUT2D eigenvalue weighted by atomic mass is 19.1. The van der Waals surface area contributed by atoms with Crippen LogP contribution in [0.5, 0.6) is 0 Å². The van der Waals surface area contributed by atoms with Gasteiger partial charge in [0, 0.05) is 11.6 Å². The molecule has 0 unspecified atom stereocenters. The Kier molecular flexibility index (Phi) is 3.98. The number of halogens is 1. The molecule has 1 N–H and O–H groups in total. The SMILES string of the molecule is Cc1cc(F)ccc1C(=O)Nc1cccc([N+](=O)[O-])c1C. The minimum Gasteiger partial charge on any atom is -0.321 e. The van der Waals surface area contributed by atoms with Gasteiger partial charge in [-0.05, 0) is 43.7 Å². The number of carbonyl (C=O) groups is 1. The second kappa shape index (κ2) is 5.70. The van der Waals surface area contributed by atoms with E-state index in [-0.39, 0.29) is 5.69 Å². The maximum atomic E-state index is 13.0. The molecule has 0 spiro atoms. The molecule has 0 aliphatic heterocycles. The van der Waals surface area contributed by atoms with Crippen LogP contribution in [0.4, 0.5) is 15.8 Å². The van der Waals surface area contributed by atoms with Crippen LogP contribution in [-0.2, 0) is 0 Å². The van der Waals surface area contributed by atoms with Gasteiger partial charge in [-0.3, -0.25) is 14.9 Å². The van der Waals surface area contributed by atoms with Gasteiger partial charge in [-0.15, -0.1) is 0 Å². The summed E-state index contributed by atoms with van der Waals surface area (Å²) in [5.74, 6) is -0.855. The molecule has 21 heavy (non-hydrogen) atoms. The van der Waals surface area contributed by atoms with Gasteiger partial charge < -0.3 is 5.32 Å². The summed E-state index contributed by atoms with van der Waals surface area (Å²) in [5.41, 5.74) is 1.48. The number of aryl methyl sites for hydroxylation is 1. The fourth-order valence-corrected chi connectivity index (χ4v) is 2.03. The van der Waals surface area contributed by atoms with Crippen molar-refractivity contribution in [1.29, 1.82) is 0 Å². The average molecular weight is 288 g/mol. The third kappa shape index (κ3) is 3.05. The Morgan fingerprint density at radius 1 is 1.24 bits per heavy atom. The number of hydrogen-bond acceptors (Lipinski definition) is 3. The molecule has 0 fully saturated rings. The number of nitrogens with one attached hydrogen (secondary N) is 1. The smallest absolute Gasteiger partial charge is 0.274 e. The summed E-state index contributed by atoms with van der Waals surface area (Å²) in [6.07, 6.45) is 0. The Bertz CT molecular complexity index is 729. The average Bonchev–Trinajstić information content (AvgIpc) is 2.40. The van der Waals surface area contributed by atoms with Crippen molar-refractivity contribution in [1.82, 2.24) is 0 Å². The molecule has 0 atom stereocenters. The summed E-state index contributed by atoms with van der Waals surface area (Å²) < 4.78 is 13.0. The molecule has 0 saturated carbocycles. The predicted molar refractivity (Wildman–Crippen MR) is 76.9 cm³/mol. The van der Waals surface area contributed by atoms with E-state index in [1.165, 1.54) is 30.3 Å². The number of amides is 1. The van der Waals surface area contributed by atoms with E-state index < -0.39 is 16.6 Å². The van der Waals surface area contributed by atoms with E-state index in [1.807, 2.05) is 0 Å². The Labute approximate surface area is 120 Å². The zero-order chi connectivity index (χ0) is 15.6. The van der Waals surface area contributed by atoms with Crippen molar-refractivity contribution < 1.29 is 14.1 Å². The lowest BCUT2D eigenvalue weighted by Gasteiger charge is -2.10. The number of carbonyl (C=O) groups excluding carboxylic acids is 1. The molecule has 0 radical (unpaired) electrons. The molecular weight excluding hydrogens is 275 g/mol. The Balaban J connectivity index is 2.32. The largest absolute Gasteiger partial charge is 0.321 e. The molecule has 108 valence electrons. The fourth-order valence-electron chi connectivity index (χ4n) is 2.03. The molecule has 2 aromatic rings. The molecule has 2 aromatic carbocycles. The number of nitrogens with zero attached hydrogens (tertiary/aromatic N) is 1. The maximum Gasteiger partial charge on any atom is 0.274 e. The lowest BCUT2D eigenvalue weighted by molar-refractivity contribution is -0.385. The van der Waals surface area contributed by atoms with Crippen LogP contribution in [0, 0.1) is 29.8 Å². The molecule has 6 heteroatoms. The highest BCUT2D eigenvalue weighted by Crippen LogP contribution is 2.25. The highest BCUT2D eigenvalue weighted by molar-refractivity contribution is 6.05. The van der Waals surface area contributed by atoms with Crippen LogP contribution in [0.2, 0.25) is 0 Å². The molecule has 2 rings (SSSR count). The zero-order valence-corrected chi connectivity index (χ0v) is 11.5. The van der Waals surface area contributed by atoms with E-state index in [9.17, 15) is 19.3 Å². The van der Waals surface area contributed by atoms with Crippen LogP contribution in [0.3, 0.4) is 0 Å². The van der Waals surface area contributed by atoms with Gasteiger partial charge in [-0.1, -0.05) is 6.07 Å². The predicted octanol–water partition coefficient (Wildman–Crippen LogP) is 3.60. The van der Waals surface area contributed by atoms with Gasteiger partial charge >= 0.3 is 0 Å². The van der Waals surface area contributed by atoms with Gasteiger partial charge in [0.1, 0.15) is 5.82 Å². The third-order valence-corrected chi connectivity index (χ3v) is 3.18. The first-order valence-corrected chi connectivity index (χ1v) is 6.21. The van der Waals surface area contributed by atoms with Crippen LogP contribution in [-0.4, -0.2) is 10.8 Å². The lowest BCUT2D eigenvalue weighted by atomic mass is 10.1. The lowest BCUT2D eigenvalue weighted by Crippen LogP contribution is -2.14. The van der Waals surface area contributed by atoms with Crippen LogP contribution < -0.4 is 5.32 Å². The molecule has 0 saturated heterocycles. The Morgan fingerprint density at radius 2 is 1.95 bits per heavy atom. The van der Waals surface area contributed by atoms with Crippen molar-refractivity contribution in [2.75, 3.05) is 5.32 Å². The van der Waals surface area contributed by atoms with Crippen molar-refractivity contribution in [2.45, 2.75) is 13.8 Å². The van der Waals surface area contributed by atoms with Gasteiger partial charge in [0.25, 0.3) is 11.6 Å². The first-order valence-electron chi connectivity index (χ1n) is 6.21. The molecule has 1 amide bonds. The van der Waals surface area contributed by atoms with E-state index in [4.69, 9.17) is 0 Å². The molecule has 0 aliphatic rings. The molecule has 0 aliphatic carbocycles. The zero-order valence-electron chi connectivity index (χ0n) is 11.5. The molecule has 0 bridgehead atoms. The van der Waals surface area contributed by atoms with Crippen molar-refractivity contribution in [3.8, 4) is 0 Å². The Hall–Kier alpha value is -2.76. The standard InChI is InChI=1S/C15H13FN2O3/c1-9-8-11(16)6-7-12(9)15(19)17-13-4-3-5-14(10(13)2)18(20)21/h3-8H,1-2H3,(H,17,19). The van der Waals surface area contributed by atoms with Gasteiger partial charge in [-0.25, -0.2) is 4.39 Å². The summed E-state index contributed by atoms with van der Waals surface area (Å²) >= 11 is 0. The van der Waals surface area contributed by atoms with E-state index in [1.54, 1.807) is 19.9 Å². The van der Waals surface area contributed by atoms with Gasteiger partial charge in [0.15, 0.2) is 0 Å². The number of anilines is 1. The molecule has 0 aromatic heterocycles. The third-order valence-electron chi connectivity index (χ3n) is 3.18. The minimum atomic E-state index is -0.506. The van der Waals surface area contributed by atoms with Crippen LogP contribution in [0.25, 0.3) is 0 Å². The van der Waals surface area contributed by atoms with Crippen molar-refractivity contribution in [3.63, 3.8) is 0 Å². The van der Waals surface area contributed by atoms with Crippen molar-refractivity contribution in [2.24, 2.45) is 0 Å². The highest BCUT2D eigenvalue weighted by Gasteiger charge is 2.16. The maximum absolute atomic E-state index is 13.0. The summed E-state index contributed by atoms with van der Waals surface area (Å²) in [5, 5.41) is 13.5. The quantitative estimate of drug-likeness (QED) is 0.692. The number of nitro benzene ring substituents is 1. The number of rotatable bonds is 3. The molecule has 5 nitrogen and oxygen atoms in total. The van der Waals surface area contributed by atoms with Crippen molar-refractivity contribution in [3.05, 3.63) is 69.0 Å². The fraction of sp³-hybridized carbons (Fsp3) is 0.133. The normalized spacial score (nSPS) is 10.2. The van der Waals surface area contributed by atoms with Crippen LogP contribution in [0.15, 0.2) is 36.4 Å². The van der Waals surface area contributed by atoms with E-state index >= 15 is 0 Å². The summed E-state index contributed by atoms with van der Waals surface area (Å²) in [7, 11) is 0. The summed E-state index contributed by atoms with van der Waals surface area (Å²) in [6, 6.07) is 8.29. The summed E-state index contributed by atoms with van der Waals surface area (Å²) in [4.78, 5) is 22.5. The van der Waals surface area contributed by atoms with Gasteiger partial charge in [-0.2, -0.15) is 0 Å². The molecule has 0 heterocycles. The summed E-state index contributed by atoms with van der Waals surface area (Å²) in [6.45, 7) is 3.18. The topological polar surface area (TPSA) is 72.2 Å². The first-order chi connectivity index (χ1) is 9.90. The van der Waals surface area contributed by atoms with E-state index in [0.717, 1.165) is 0 Å². The first kappa shape index (κ1) is 14.6. The number of benzene rings is 2. The minimum absolute atomic E-state index is 0.0661. The second-order valence-corrected chi connectivity index (χ2v) is 4.62. The Morgan fingerprint density at radius 3 is 2.57 bits per heavy atom. The van der Waals surface area contributed by atoms with Gasteiger partial charge in [0.05, 0.1) is 16.2 Å². The monoisotopic (exact) mass is 288 g/mol. The number of nitro groups is 1.